The number of benzene rings is 1. The third-order valence-electron chi connectivity index (χ3n) is 2.44. The van der Waals surface area contributed by atoms with Gasteiger partial charge in [0.15, 0.2) is 0 Å². The minimum atomic E-state index is -2.17. The average Bonchev–Trinajstić information content (AvgIpc) is 2.46. The highest BCUT2D eigenvalue weighted by Gasteiger charge is 2.27. The highest BCUT2D eigenvalue weighted by molar-refractivity contribution is 5.32. The Morgan fingerprint density at radius 2 is 1.58 bits per heavy atom. The maximum absolute atomic E-state index is 12.3. The van der Waals surface area contributed by atoms with Crippen molar-refractivity contribution in [3.8, 4) is 0 Å². The van der Waals surface area contributed by atoms with E-state index in [0.717, 1.165) is 11.1 Å². The first-order valence-electron chi connectivity index (χ1n) is 4.12. The summed E-state index contributed by atoms with van der Waals surface area (Å²) in [5.74, 6) is -0.442. The smallest absolute Gasteiger partial charge is 0.210 e. The minimum absolute atomic E-state index is 0.442. The van der Waals surface area contributed by atoms with Crippen molar-refractivity contribution in [1.29, 1.82) is 0 Å². The van der Waals surface area contributed by atoms with Gasteiger partial charge in [0.05, 0.1) is 0 Å². The van der Waals surface area contributed by atoms with Crippen molar-refractivity contribution < 1.29 is 8.78 Å². The molecule has 0 atom stereocenters. The minimum Gasteiger partial charge on any atom is -0.210 e. The number of hydrogen-bond donors (Lipinski definition) is 0. The lowest BCUT2D eigenvalue weighted by molar-refractivity contribution is 0.0824. The van der Waals surface area contributed by atoms with E-state index in [1.807, 2.05) is 24.3 Å². The quantitative estimate of drug-likeness (QED) is 0.604. The largest absolute Gasteiger partial charge is 0.242 e. The molecule has 0 nitrogen and oxygen atoms in total. The van der Waals surface area contributed by atoms with Crippen LogP contribution in [-0.2, 0) is 12.8 Å². The van der Waals surface area contributed by atoms with Crippen LogP contribution in [0.4, 0.5) is 8.78 Å². The Bertz CT molecular complexity index is 256. The first kappa shape index (κ1) is 7.71. The third kappa shape index (κ3) is 1.22. The average molecular weight is 168 g/mol. The molecule has 0 N–H and O–H groups in total. The molecular weight excluding hydrogens is 158 g/mol. The topological polar surface area (TPSA) is 0 Å². The molecule has 1 aromatic carbocycles. The molecule has 2 rings (SSSR count). The van der Waals surface area contributed by atoms with E-state index in [1.54, 1.807) is 0 Å². The molecule has 0 amide bonds. The van der Waals surface area contributed by atoms with Gasteiger partial charge >= 0.3 is 0 Å². The van der Waals surface area contributed by atoms with Crippen molar-refractivity contribution >= 4 is 0 Å². The van der Waals surface area contributed by atoms with Crippen LogP contribution in [0.2, 0.25) is 0 Å². The Kier molecular flexibility index (Phi) is 1.83. The van der Waals surface area contributed by atoms with Gasteiger partial charge < -0.3 is 0 Å². The Labute approximate surface area is 70.2 Å². The van der Waals surface area contributed by atoms with Gasteiger partial charge in [0.1, 0.15) is 0 Å². The van der Waals surface area contributed by atoms with Crippen LogP contribution in [0.1, 0.15) is 11.1 Å². The second-order valence-electron chi connectivity index (χ2n) is 3.27. The summed E-state index contributed by atoms with van der Waals surface area (Å²) >= 11 is 0. The lowest BCUT2D eigenvalue weighted by Crippen LogP contribution is -2.10. The zero-order chi connectivity index (χ0) is 8.55. The Morgan fingerprint density at radius 3 is 2.00 bits per heavy atom. The number of rotatable bonds is 1. The number of hydrogen-bond acceptors (Lipinski definition) is 0. The maximum atomic E-state index is 12.3. The van der Waals surface area contributed by atoms with Gasteiger partial charge in [0, 0.05) is 5.92 Å². The van der Waals surface area contributed by atoms with E-state index in [9.17, 15) is 8.78 Å². The van der Waals surface area contributed by atoms with Gasteiger partial charge in [-0.15, -0.1) is 0 Å². The molecule has 0 radical (unpaired) electrons. The lowest BCUT2D eigenvalue weighted by Gasteiger charge is -2.04. The van der Waals surface area contributed by atoms with Gasteiger partial charge in [0.25, 0.3) is 0 Å². The highest BCUT2D eigenvalue weighted by atomic mass is 19.3. The Balaban J connectivity index is 2.22. The van der Waals surface area contributed by atoms with E-state index in [4.69, 9.17) is 0 Å². The van der Waals surface area contributed by atoms with Gasteiger partial charge in [-0.05, 0) is 24.0 Å². The van der Waals surface area contributed by atoms with Crippen molar-refractivity contribution in [2.75, 3.05) is 0 Å². The van der Waals surface area contributed by atoms with E-state index < -0.39 is 12.3 Å². The summed E-state index contributed by atoms with van der Waals surface area (Å²) in [6.45, 7) is 0. The van der Waals surface area contributed by atoms with Gasteiger partial charge in [-0.3, -0.25) is 0 Å². The number of halogens is 2. The molecule has 0 unspecified atom stereocenters. The zero-order valence-corrected chi connectivity index (χ0v) is 6.63. The number of alkyl halides is 2. The SMILES string of the molecule is FC(F)C1Cc2ccccc2C1. The molecule has 0 spiro atoms. The van der Waals surface area contributed by atoms with Crippen LogP contribution in [0.3, 0.4) is 0 Å². The molecule has 0 fully saturated rings. The van der Waals surface area contributed by atoms with E-state index >= 15 is 0 Å². The van der Waals surface area contributed by atoms with Gasteiger partial charge in [-0.2, -0.15) is 0 Å². The van der Waals surface area contributed by atoms with Gasteiger partial charge in [0.2, 0.25) is 6.43 Å². The summed E-state index contributed by atoms with van der Waals surface area (Å²) in [6, 6.07) is 7.70. The fourth-order valence-electron chi connectivity index (χ4n) is 1.77. The molecule has 0 saturated heterocycles. The van der Waals surface area contributed by atoms with Crippen LogP contribution < -0.4 is 0 Å². The highest BCUT2D eigenvalue weighted by Crippen LogP contribution is 2.30. The Hall–Kier alpha value is -0.920. The van der Waals surface area contributed by atoms with Gasteiger partial charge in [-0.1, -0.05) is 24.3 Å². The molecule has 0 aliphatic heterocycles. The van der Waals surface area contributed by atoms with Crippen LogP contribution in [0.5, 0.6) is 0 Å². The fraction of sp³-hybridized carbons (Fsp3) is 0.400. The van der Waals surface area contributed by atoms with Crippen molar-refractivity contribution in [3.05, 3.63) is 35.4 Å². The molecule has 0 saturated carbocycles. The summed E-state index contributed by atoms with van der Waals surface area (Å²) in [5.41, 5.74) is 2.20. The van der Waals surface area contributed by atoms with Gasteiger partial charge in [-0.25, -0.2) is 8.78 Å². The molecule has 0 bridgehead atoms. The first-order chi connectivity index (χ1) is 5.77. The molecular formula is C10H10F2. The monoisotopic (exact) mass is 168 g/mol. The molecule has 1 aromatic rings. The van der Waals surface area contributed by atoms with Crippen LogP contribution in [0.25, 0.3) is 0 Å². The molecule has 0 aromatic heterocycles. The van der Waals surface area contributed by atoms with E-state index in [1.165, 1.54) is 0 Å². The maximum Gasteiger partial charge on any atom is 0.242 e. The van der Waals surface area contributed by atoms with Crippen molar-refractivity contribution in [2.24, 2.45) is 5.92 Å². The van der Waals surface area contributed by atoms with Crippen LogP contribution >= 0.6 is 0 Å². The van der Waals surface area contributed by atoms with E-state index in [0.29, 0.717) is 12.8 Å². The molecule has 64 valence electrons. The predicted octanol–water partition coefficient (Wildman–Crippen LogP) is 2.67. The molecule has 1 aliphatic carbocycles. The van der Waals surface area contributed by atoms with Crippen LogP contribution in [0, 0.1) is 5.92 Å². The van der Waals surface area contributed by atoms with Crippen LogP contribution in [-0.4, -0.2) is 6.43 Å². The summed E-state index contributed by atoms with van der Waals surface area (Å²) in [4.78, 5) is 0. The molecule has 2 heteroatoms. The molecule has 1 aliphatic rings. The lowest BCUT2D eigenvalue weighted by atomic mass is 10.1. The van der Waals surface area contributed by atoms with Crippen LogP contribution in [0.15, 0.2) is 24.3 Å². The number of fused-ring (bicyclic) bond motifs is 1. The van der Waals surface area contributed by atoms with Crippen molar-refractivity contribution in [2.45, 2.75) is 19.3 Å². The second-order valence-corrected chi connectivity index (χ2v) is 3.27. The standard InChI is InChI=1S/C10H10F2/c11-10(12)9-5-7-3-1-2-4-8(7)6-9/h1-4,9-10H,5-6H2. The Morgan fingerprint density at radius 1 is 1.08 bits per heavy atom. The first-order valence-corrected chi connectivity index (χ1v) is 4.12. The molecule has 12 heavy (non-hydrogen) atoms. The third-order valence-corrected chi connectivity index (χ3v) is 2.44. The normalized spacial score (nSPS) is 16.9. The summed E-state index contributed by atoms with van der Waals surface area (Å²) in [6.07, 6.45) is -1.07. The summed E-state index contributed by atoms with van der Waals surface area (Å²) in [7, 11) is 0. The van der Waals surface area contributed by atoms with E-state index in [2.05, 4.69) is 0 Å². The zero-order valence-electron chi connectivity index (χ0n) is 6.63. The summed E-state index contributed by atoms with van der Waals surface area (Å²) in [5, 5.41) is 0. The summed E-state index contributed by atoms with van der Waals surface area (Å²) < 4.78 is 24.6. The van der Waals surface area contributed by atoms with Crippen molar-refractivity contribution in [3.63, 3.8) is 0 Å². The second kappa shape index (κ2) is 2.85. The predicted molar refractivity (Wildman–Crippen MR) is 43.3 cm³/mol. The molecule has 0 heterocycles. The fourth-order valence-corrected chi connectivity index (χ4v) is 1.77. The van der Waals surface area contributed by atoms with E-state index in [-0.39, 0.29) is 0 Å². The van der Waals surface area contributed by atoms with Crippen molar-refractivity contribution in [1.82, 2.24) is 0 Å².